The standard InChI is InChI=1S/C16H30N2O/c1-13(17-2)15-6-3-4-10-18(15)14-7-11-19-16(12-14)8-5-9-16/h13-15,17H,3-12H2,1-2H3. The van der Waals surface area contributed by atoms with Crippen LogP contribution in [0.25, 0.3) is 0 Å². The first-order chi connectivity index (χ1) is 9.24. The van der Waals surface area contributed by atoms with Gasteiger partial charge in [-0.25, -0.2) is 0 Å². The van der Waals surface area contributed by atoms with Crippen LogP contribution in [0.3, 0.4) is 0 Å². The van der Waals surface area contributed by atoms with Crippen molar-refractivity contribution in [3.05, 3.63) is 0 Å². The van der Waals surface area contributed by atoms with E-state index in [0.717, 1.165) is 18.7 Å². The second kappa shape index (κ2) is 5.71. The number of likely N-dealkylation sites (N-methyl/N-ethyl adjacent to an activating group) is 1. The van der Waals surface area contributed by atoms with Crippen molar-refractivity contribution < 1.29 is 4.74 Å². The average Bonchev–Trinajstić information content (AvgIpc) is 2.45. The maximum Gasteiger partial charge on any atom is 0.0697 e. The third-order valence-electron chi connectivity index (χ3n) is 5.83. The Balaban J connectivity index is 1.67. The van der Waals surface area contributed by atoms with Crippen LogP contribution in [-0.2, 0) is 4.74 Å². The number of hydrogen-bond donors (Lipinski definition) is 1. The predicted molar refractivity (Wildman–Crippen MR) is 78.4 cm³/mol. The highest BCUT2D eigenvalue weighted by Gasteiger charge is 2.45. The van der Waals surface area contributed by atoms with Gasteiger partial charge >= 0.3 is 0 Å². The van der Waals surface area contributed by atoms with Gasteiger partial charge in [0, 0.05) is 24.7 Å². The van der Waals surface area contributed by atoms with Gasteiger partial charge in [-0.3, -0.25) is 4.90 Å². The molecule has 2 saturated heterocycles. The molecular weight excluding hydrogens is 236 g/mol. The molecule has 0 bridgehead atoms. The minimum absolute atomic E-state index is 0.286. The lowest BCUT2D eigenvalue weighted by atomic mass is 9.73. The Labute approximate surface area is 118 Å². The van der Waals surface area contributed by atoms with E-state index in [9.17, 15) is 0 Å². The van der Waals surface area contributed by atoms with E-state index in [1.54, 1.807) is 0 Å². The van der Waals surface area contributed by atoms with E-state index in [-0.39, 0.29) is 5.60 Å². The molecule has 2 heterocycles. The highest BCUT2D eigenvalue weighted by atomic mass is 16.5. The minimum Gasteiger partial charge on any atom is -0.375 e. The lowest BCUT2D eigenvalue weighted by Gasteiger charge is -2.52. The molecule has 3 atom stereocenters. The molecule has 1 N–H and O–H groups in total. The van der Waals surface area contributed by atoms with Crippen LogP contribution < -0.4 is 5.32 Å². The van der Waals surface area contributed by atoms with E-state index >= 15 is 0 Å². The van der Waals surface area contributed by atoms with Crippen molar-refractivity contribution in [2.24, 2.45) is 0 Å². The summed E-state index contributed by atoms with van der Waals surface area (Å²) in [5, 5.41) is 3.48. The molecule has 1 spiro atoms. The molecule has 0 aromatic carbocycles. The van der Waals surface area contributed by atoms with Crippen molar-refractivity contribution in [1.29, 1.82) is 0 Å². The van der Waals surface area contributed by atoms with E-state index in [1.807, 2.05) is 0 Å². The molecular formula is C16H30N2O. The third-order valence-corrected chi connectivity index (χ3v) is 5.83. The van der Waals surface area contributed by atoms with Crippen LogP contribution in [0.5, 0.6) is 0 Å². The monoisotopic (exact) mass is 266 g/mol. The number of ether oxygens (including phenoxy) is 1. The fraction of sp³-hybridized carbons (Fsp3) is 1.00. The van der Waals surface area contributed by atoms with Gasteiger partial charge in [0.1, 0.15) is 0 Å². The molecule has 0 amide bonds. The van der Waals surface area contributed by atoms with E-state index < -0.39 is 0 Å². The first-order valence-corrected chi connectivity index (χ1v) is 8.31. The van der Waals surface area contributed by atoms with Gasteiger partial charge < -0.3 is 10.1 Å². The van der Waals surface area contributed by atoms with Crippen molar-refractivity contribution in [3.63, 3.8) is 0 Å². The summed E-state index contributed by atoms with van der Waals surface area (Å²) in [6.45, 7) is 4.64. The maximum atomic E-state index is 6.10. The van der Waals surface area contributed by atoms with E-state index in [4.69, 9.17) is 4.74 Å². The van der Waals surface area contributed by atoms with Gasteiger partial charge in [-0.1, -0.05) is 6.42 Å². The van der Waals surface area contributed by atoms with Crippen molar-refractivity contribution in [2.45, 2.75) is 82.0 Å². The van der Waals surface area contributed by atoms with Crippen LogP contribution in [0.15, 0.2) is 0 Å². The van der Waals surface area contributed by atoms with Crippen molar-refractivity contribution in [3.8, 4) is 0 Å². The van der Waals surface area contributed by atoms with Crippen LogP contribution in [0.1, 0.15) is 58.3 Å². The van der Waals surface area contributed by atoms with Crippen molar-refractivity contribution >= 4 is 0 Å². The molecule has 2 aliphatic heterocycles. The molecule has 110 valence electrons. The summed E-state index contributed by atoms with van der Waals surface area (Å²) in [7, 11) is 2.11. The van der Waals surface area contributed by atoms with Gasteiger partial charge in [0.15, 0.2) is 0 Å². The zero-order valence-electron chi connectivity index (χ0n) is 12.7. The number of nitrogens with one attached hydrogen (secondary N) is 1. The van der Waals surface area contributed by atoms with Gasteiger partial charge in [0.25, 0.3) is 0 Å². The summed E-state index contributed by atoms with van der Waals surface area (Å²) in [5.41, 5.74) is 0.286. The summed E-state index contributed by atoms with van der Waals surface area (Å²) in [6.07, 6.45) is 10.7. The molecule has 3 heteroatoms. The lowest BCUT2D eigenvalue weighted by Crippen LogP contribution is -2.58. The molecule has 3 unspecified atom stereocenters. The number of hydrogen-bond acceptors (Lipinski definition) is 3. The predicted octanol–water partition coefficient (Wildman–Crippen LogP) is 2.55. The van der Waals surface area contributed by atoms with Gasteiger partial charge in [-0.2, -0.15) is 0 Å². The fourth-order valence-corrected chi connectivity index (χ4v) is 4.37. The first-order valence-electron chi connectivity index (χ1n) is 8.31. The second-order valence-corrected chi connectivity index (χ2v) is 6.91. The lowest BCUT2D eigenvalue weighted by molar-refractivity contribution is -0.154. The molecule has 0 radical (unpaired) electrons. The zero-order chi connectivity index (χ0) is 13.3. The zero-order valence-corrected chi connectivity index (χ0v) is 12.7. The molecule has 3 rings (SSSR count). The molecule has 0 aromatic heterocycles. The van der Waals surface area contributed by atoms with Gasteiger partial charge in [-0.05, 0) is 65.5 Å². The second-order valence-electron chi connectivity index (χ2n) is 6.91. The molecule has 3 nitrogen and oxygen atoms in total. The van der Waals surface area contributed by atoms with Gasteiger partial charge in [0.05, 0.1) is 5.60 Å². The quantitative estimate of drug-likeness (QED) is 0.849. The van der Waals surface area contributed by atoms with Crippen molar-refractivity contribution in [2.75, 3.05) is 20.2 Å². The van der Waals surface area contributed by atoms with Crippen LogP contribution >= 0.6 is 0 Å². The molecule has 1 saturated carbocycles. The molecule has 3 fully saturated rings. The fourth-order valence-electron chi connectivity index (χ4n) is 4.37. The Morgan fingerprint density at radius 2 is 2.05 bits per heavy atom. The van der Waals surface area contributed by atoms with E-state index in [0.29, 0.717) is 6.04 Å². The van der Waals surface area contributed by atoms with Crippen LogP contribution in [0.2, 0.25) is 0 Å². The summed E-state index contributed by atoms with van der Waals surface area (Å²) in [6, 6.07) is 2.12. The average molecular weight is 266 g/mol. The highest BCUT2D eigenvalue weighted by molar-refractivity contribution is 4.99. The summed E-state index contributed by atoms with van der Waals surface area (Å²) in [5.74, 6) is 0. The van der Waals surface area contributed by atoms with Gasteiger partial charge in [0.2, 0.25) is 0 Å². The minimum atomic E-state index is 0.286. The molecule has 1 aliphatic carbocycles. The van der Waals surface area contributed by atoms with Crippen molar-refractivity contribution in [1.82, 2.24) is 10.2 Å². The van der Waals surface area contributed by atoms with E-state index in [1.165, 1.54) is 57.9 Å². The Hall–Kier alpha value is -0.120. The molecule has 3 aliphatic rings. The third kappa shape index (κ3) is 2.70. The topological polar surface area (TPSA) is 24.5 Å². The number of rotatable bonds is 3. The Morgan fingerprint density at radius 1 is 1.21 bits per heavy atom. The van der Waals surface area contributed by atoms with Crippen LogP contribution in [-0.4, -0.2) is 48.8 Å². The molecule has 0 aromatic rings. The SMILES string of the molecule is CNC(C)C1CCCCN1C1CCOC2(CCC2)C1. The maximum absolute atomic E-state index is 6.10. The van der Waals surface area contributed by atoms with E-state index in [2.05, 4.69) is 24.2 Å². The van der Waals surface area contributed by atoms with Crippen LogP contribution in [0, 0.1) is 0 Å². The Kier molecular flexibility index (Phi) is 4.16. The first kappa shape index (κ1) is 13.8. The van der Waals surface area contributed by atoms with Gasteiger partial charge in [-0.15, -0.1) is 0 Å². The Morgan fingerprint density at radius 3 is 2.74 bits per heavy atom. The number of piperidine rings is 1. The highest BCUT2D eigenvalue weighted by Crippen LogP contribution is 2.44. The normalized spacial score (nSPS) is 36.9. The van der Waals surface area contributed by atoms with Crippen LogP contribution in [0.4, 0.5) is 0 Å². The Bertz CT molecular complexity index is 303. The summed E-state index contributed by atoms with van der Waals surface area (Å²) >= 11 is 0. The molecule has 19 heavy (non-hydrogen) atoms. The number of nitrogens with zero attached hydrogens (tertiary/aromatic N) is 1. The summed E-state index contributed by atoms with van der Waals surface area (Å²) < 4.78 is 6.10. The number of likely N-dealkylation sites (tertiary alicyclic amines) is 1. The summed E-state index contributed by atoms with van der Waals surface area (Å²) in [4.78, 5) is 2.83. The smallest absolute Gasteiger partial charge is 0.0697 e. The largest absolute Gasteiger partial charge is 0.375 e.